The van der Waals surface area contributed by atoms with Gasteiger partial charge in [0.25, 0.3) is 0 Å². The molecule has 35 heavy (non-hydrogen) atoms. The molecule has 0 amide bonds. The second-order valence-corrected chi connectivity index (χ2v) is 9.47. The van der Waals surface area contributed by atoms with Gasteiger partial charge in [0.2, 0.25) is 5.88 Å². The number of ether oxygens (including phenoxy) is 2. The monoisotopic (exact) mass is 483 g/mol. The van der Waals surface area contributed by atoms with E-state index in [1.165, 1.54) is 64.0 Å². The first-order valence-corrected chi connectivity index (χ1v) is 13.7. The fourth-order valence-corrected chi connectivity index (χ4v) is 4.25. The van der Waals surface area contributed by atoms with E-state index in [1.807, 2.05) is 31.2 Å². The Morgan fingerprint density at radius 2 is 1.51 bits per heavy atom. The van der Waals surface area contributed by atoms with Crippen molar-refractivity contribution in [1.29, 1.82) is 0 Å². The van der Waals surface area contributed by atoms with Crippen molar-refractivity contribution in [2.24, 2.45) is 0 Å². The Labute approximate surface area is 212 Å². The minimum Gasteiger partial charge on any atom is -0.493 e. The van der Waals surface area contributed by atoms with E-state index in [0.29, 0.717) is 23.8 Å². The van der Waals surface area contributed by atoms with Crippen LogP contribution in [0.25, 0.3) is 11.1 Å². The molecule has 0 bridgehead atoms. The quantitative estimate of drug-likeness (QED) is 0.202. The molecule has 1 aromatic carbocycles. The van der Waals surface area contributed by atoms with Gasteiger partial charge in [-0.25, -0.2) is 9.78 Å². The first-order valence-electron chi connectivity index (χ1n) is 13.7. The highest BCUT2D eigenvalue weighted by Gasteiger charge is 2.18. The number of aromatic nitrogens is 1. The van der Waals surface area contributed by atoms with E-state index in [4.69, 9.17) is 9.47 Å². The van der Waals surface area contributed by atoms with Crippen molar-refractivity contribution in [3.63, 3.8) is 0 Å². The van der Waals surface area contributed by atoms with E-state index in [-0.39, 0.29) is 11.7 Å². The largest absolute Gasteiger partial charge is 0.493 e. The van der Waals surface area contributed by atoms with Crippen LogP contribution in [-0.4, -0.2) is 28.8 Å². The molecule has 0 fully saturated rings. The number of hydrogen-bond acceptors (Lipinski definition) is 4. The molecule has 1 heterocycles. The first kappa shape index (κ1) is 28.7. The highest BCUT2D eigenvalue weighted by Crippen LogP contribution is 2.34. The van der Waals surface area contributed by atoms with Crippen molar-refractivity contribution in [2.45, 2.75) is 110 Å². The molecule has 1 atom stereocenters. The third-order valence-corrected chi connectivity index (χ3v) is 6.33. The summed E-state index contributed by atoms with van der Waals surface area (Å²) in [6.45, 7) is 7.11. The highest BCUT2D eigenvalue weighted by molar-refractivity contribution is 5.96. The average Bonchev–Trinajstić information content (AvgIpc) is 2.85. The van der Waals surface area contributed by atoms with Crippen LogP contribution in [0.5, 0.6) is 11.6 Å². The summed E-state index contributed by atoms with van der Waals surface area (Å²) in [6.07, 6.45) is 17.1. The molecule has 0 radical (unpaired) electrons. The van der Waals surface area contributed by atoms with Crippen LogP contribution in [-0.2, 0) is 0 Å². The van der Waals surface area contributed by atoms with E-state index in [2.05, 4.69) is 18.8 Å². The lowest BCUT2D eigenvalue weighted by atomic mass is 10.0. The van der Waals surface area contributed by atoms with Gasteiger partial charge in [-0.2, -0.15) is 0 Å². The zero-order valence-electron chi connectivity index (χ0n) is 22.1. The fourth-order valence-electron chi connectivity index (χ4n) is 4.25. The molecule has 1 N–H and O–H groups in total. The summed E-state index contributed by atoms with van der Waals surface area (Å²) in [5.74, 6) is 0.137. The van der Waals surface area contributed by atoms with Crippen molar-refractivity contribution in [3.8, 4) is 22.8 Å². The first-order chi connectivity index (χ1) is 17.1. The molecule has 0 spiro atoms. The zero-order valence-corrected chi connectivity index (χ0v) is 22.1. The van der Waals surface area contributed by atoms with Gasteiger partial charge in [-0.15, -0.1) is 0 Å². The standard InChI is InChI=1S/C30H45NO4/c1-4-6-8-10-11-12-13-17-21-34-28-20-16-15-19-25(28)26-22-29(31-23-27(26)30(32)33)35-24(3)18-14-9-7-5-2/h15-16,19-20,22-24H,4-14,17-18,21H2,1-3H3,(H,32,33). The lowest BCUT2D eigenvalue weighted by Gasteiger charge is -2.17. The summed E-state index contributed by atoms with van der Waals surface area (Å²) in [5, 5.41) is 9.79. The smallest absolute Gasteiger partial charge is 0.337 e. The lowest BCUT2D eigenvalue weighted by Crippen LogP contribution is -2.13. The van der Waals surface area contributed by atoms with Gasteiger partial charge in [0, 0.05) is 23.4 Å². The molecule has 5 nitrogen and oxygen atoms in total. The number of hydrogen-bond donors (Lipinski definition) is 1. The van der Waals surface area contributed by atoms with Gasteiger partial charge in [0.15, 0.2) is 0 Å². The van der Waals surface area contributed by atoms with Gasteiger partial charge in [0.1, 0.15) is 5.75 Å². The van der Waals surface area contributed by atoms with E-state index in [9.17, 15) is 9.90 Å². The van der Waals surface area contributed by atoms with Crippen molar-refractivity contribution < 1.29 is 19.4 Å². The summed E-state index contributed by atoms with van der Waals surface area (Å²) in [7, 11) is 0. The minimum absolute atomic E-state index is 0.0244. The predicted octanol–water partition coefficient (Wildman–Crippen LogP) is 8.70. The molecular weight excluding hydrogens is 438 g/mol. The van der Waals surface area contributed by atoms with Crippen LogP contribution in [0.1, 0.15) is 115 Å². The van der Waals surface area contributed by atoms with Gasteiger partial charge < -0.3 is 14.6 Å². The average molecular weight is 484 g/mol. The molecule has 0 aliphatic rings. The number of carboxylic acids is 1. The number of pyridine rings is 1. The summed E-state index contributed by atoms with van der Waals surface area (Å²) in [5.41, 5.74) is 1.48. The van der Waals surface area contributed by atoms with Crippen LogP contribution in [0, 0.1) is 0 Å². The Morgan fingerprint density at radius 1 is 0.886 bits per heavy atom. The van der Waals surface area contributed by atoms with Crippen molar-refractivity contribution in [3.05, 3.63) is 42.1 Å². The Morgan fingerprint density at radius 3 is 2.20 bits per heavy atom. The maximum absolute atomic E-state index is 11.9. The van der Waals surface area contributed by atoms with Gasteiger partial charge in [-0.3, -0.25) is 0 Å². The van der Waals surface area contributed by atoms with E-state index in [1.54, 1.807) is 6.07 Å². The van der Waals surface area contributed by atoms with Crippen molar-refractivity contribution >= 4 is 5.97 Å². The number of aromatic carboxylic acids is 1. The summed E-state index contributed by atoms with van der Waals surface area (Å²) >= 11 is 0. The number of para-hydroxylation sites is 1. The SMILES string of the molecule is CCCCCCCCCCOc1ccccc1-c1cc(OC(C)CCCCCC)ncc1C(=O)O. The van der Waals surface area contributed by atoms with Crippen LogP contribution in [0.2, 0.25) is 0 Å². The maximum atomic E-state index is 11.9. The van der Waals surface area contributed by atoms with Gasteiger partial charge in [-0.1, -0.05) is 96.3 Å². The molecule has 1 unspecified atom stereocenters. The third-order valence-electron chi connectivity index (χ3n) is 6.33. The molecule has 2 aromatic rings. The van der Waals surface area contributed by atoms with Gasteiger partial charge >= 0.3 is 5.97 Å². The second-order valence-electron chi connectivity index (χ2n) is 9.47. The topological polar surface area (TPSA) is 68.7 Å². The zero-order chi connectivity index (χ0) is 25.3. The molecule has 5 heteroatoms. The van der Waals surface area contributed by atoms with Crippen LogP contribution in [0.15, 0.2) is 36.5 Å². The highest BCUT2D eigenvalue weighted by atomic mass is 16.5. The number of carbonyl (C=O) groups is 1. The summed E-state index contributed by atoms with van der Waals surface area (Å²) in [6, 6.07) is 9.38. The number of benzene rings is 1. The minimum atomic E-state index is -1.01. The number of unbranched alkanes of at least 4 members (excludes halogenated alkanes) is 10. The molecule has 194 valence electrons. The molecule has 2 rings (SSSR count). The second kappa shape index (κ2) is 17.0. The van der Waals surface area contributed by atoms with Crippen LogP contribution in [0.3, 0.4) is 0 Å². The fraction of sp³-hybridized carbons (Fsp3) is 0.600. The lowest BCUT2D eigenvalue weighted by molar-refractivity contribution is 0.0697. The Kier molecular flexibility index (Phi) is 13.9. The molecule has 0 saturated heterocycles. The van der Waals surface area contributed by atoms with E-state index in [0.717, 1.165) is 31.2 Å². The van der Waals surface area contributed by atoms with Gasteiger partial charge in [-0.05, 0) is 32.3 Å². The number of carboxylic acid groups (broad SMARTS) is 1. The van der Waals surface area contributed by atoms with Crippen molar-refractivity contribution in [2.75, 3.05) is 6.61 Å². The van der Waals surface area contributed by atoms with Crippen molar-refractivity contribution in [1.82, 2.24) is 4.98 Å². The van der Waals surface area contributed by atoms with Crippen LogP contribution >= 0.6 is 0 Å². The number of nitrogens with zero attached hydrogens (tertiary/aromatic N) is 1. The number of rotatable bonds is 19. The molecule has 0 aliphatic heterocycles. The van der Waals surface area contributed by atoms with E-state index < -0.39 is 5.97 Å². The van der Waals surface area contributed by atoms with Crippen LogP contribution < -0.4 is 9.47 Å². The Bertz CT molecular complexity index is 867. The van der Waals surface area contributed by atoms with Gasteiger partial charge in [0.05, 0.1) is 18.3 Å². The Hall–Kier alpha value is -2.56. The summed E-state index contributed by atoms with van der Waals surface area (Å²) in [4.78, 5) is 16.2. The Balaban J connectivity index is 2.02. The maximum Gasteiger partial charge on any atom is 0.337 e. The summed E-state index contributed by atoms with van der Waals surface area (Å²) < 4.78 is 12.2. The normalized spacial score (nSPS) is 11.9. The van der Waals surface area contributed by atoms with Crippen LogP contribution in [0.4, 0.5) is 0 Å². The molecule has 1 aromatic heterocycles. The third kappa shape index (κ3) is 10.7. The molecule has 0 aliphatic carbocycles. The molecule has 0 saturated carbocycles. The van der Waals surface area contributed by atoms with E-state index >= 15 is 0 Å². The molecular formula is C30H45NO4. The predicted molar refractivity (Wildman–Crippen MR) is 144 cm³/mol.